The highest BCUT2D eigenvalue weighted by Crippen LogP contribution is 2.21. The van der Waals surface area contributed by atoms with Gasteiger partial charge in [0.25, 0.3) is 0 Å². The van der Waals surface area contributed by atoms with Crippen LogP contribution in [0.3, 0.4) is 0 Å². The highest BCUT2D eigenvalue weighted by Gasteiger charge is 2.29. The second-order valence-electron chi connectivity index (χ2n) is 5.14. The fourth-order valence-electron chi connectivity index (χ4n) is 2.18. The Labute approximate surface area is 118 Å². The molecule has 0 spiro atoms. The monoisotopic (exact) mass is 281 g/mol. The average Bonchev–Trinajstić information content (AvgIpc) is 2.46. The van der Waals surface area contributed by atoms with Crippen LogP contribution in [0, 0.1) is 0 Å². The summed E-state index contributed by atoms with van der Waals surface area (Å²) in [4.78, 5) is 8.71. The maximum atomic E-state index is 10.4. The van der Waals surface area contributed by atoms with E-state index in [0.717, 1.165) is 18.7 Å². The zero-order valence-electron chi connectivity index (χ0n) is 11.9. The number of nitrogen functional groups attached to an aromatic ring is 1. The number of aryl methyl sites for hydroxylation is 1. The van der Waals surface area contributed by atoms with E-state index in [4.69, 9.17) is 10.6 Å². The van der Waals surface area contributed by atoms with Crippen LogP contribution in [0.4, 0.5) is 11.6 Å². The van der Waals surface area contributed by atoms with Crippen LogP contribution in [0.5, 0.6) is 0 Å². The molecule has 112 valence electrons. The number of aliphatic hydroxyl groups is 1. The summed E-state index contributed by atoms with van der Waals surface area (Å²) < 4.78 is 5.26. The number of hydrogen-bond donors (Lipinski definition) is 4. The van der Waals surface area contributed by atoms with Crippen molar-refractivity contribution in [2.45, 2.75) is 38.2 Å². The molecule has 1 saturated heterocycles. The van der Waals surface area contributed by atoms with Gasteiger partial charge in [0.1, 0.15) is 17.5 Å². The van der Waals surface area contributed by atoms with Crippen LogP contribution in [0.15, 0.2) is 6.07 Å². The average molecular weight is 281 g/mol. The highest BCUT2D eigenvalue weighted by atomic mass is 16.5. The molecule has 0 amide bonds. The molecular weight excluding hydrogens is 258 g/mol. The van der Waals surface area contributed by atoms with Crippen LogP contribution in [-0.4, -0.2) is 40.4 Å². The fraction of sp³-hybridized carbons (Fsp3) is 0.692. The largest absolute Gasteiger partial charge is 0.388 e. The molecule has 20 heavy (non-hydrogen) atoms. The molecule has 0 aromatic carbocycles. The summed E-state index contributed by atoms with van der Waals surface area (Å²) in [6.45, 7) is 3.71. The summed E-state index contributed by atoms with van der Waals surface area (Å²) in [6.07, 6.45) is 3.03. The van der Waals surface area contributed by atoms with E-state index in [9.17, 15) is 5.11 Å². The Morgan fingerprint density at radius 2 is 2.05 bits per heavy atom. The highest BCUT2D eigenvalue weighted by molar-refractivity contribution is 5.47. The first-order valence-electron chi connectivity index (χ1n) is 7.04. The topological polar surface area (TPSA) is 105 Å². The maximum Gasteiger partial charge on any atom is 0.145 e. The van der Waals surface area contributed by atoms with Crippen molar-refractivity contribution in [1.82, 2.24) is 9.97 Å². The molecule has 2 heterocycles. The van der Waals surface area contributed by atoms with E-state index in [1.165, 1.54) is 0 Å². The molecule has 7 heteroatoms. The molecule has 1 aliphatic heterocycles. The standard InChI is InChI=1S/C13H23N5O2/c1-2-3-10-16-11(8-12(17-10)18-14)15-9-13(19)4-6-20-7-5-13/h8,19H,2-7,9,14H2,1H3,(H2,15,16,17,18). The van der Waals surface area contributed by atoms with Gasteiger partial charge in [0.2, 0.25) is 0 Å². The Morgan fingerprint density at radius 1 is 1.35 bits per heavy atom. The fourth-order valence-corrected chi connectivity index (χ4v) is 2.18. The molecule has 1 aliphatic rings. The molecule has 0 bridgehead atoms. The number of hydrazine groups is 1. The second kappa shape index (κ2) is 6.83. The summed E-state index contributed by atoms with van der Waals surface area (Å²) in [5.74, 6) is 7.41. The first kappa shape index (κ1) is 15.0. The Balaban J connectivity index is 2.02. The minimum absolute atomic E-state index is 0.447. The molecule has 0 atom stereocenters. The van der Waals surface area contributed by atoms with Crippen LogP contribution in [0.2, 0.25) is 0 Å². The third kappa shape index (κ3) is 4.03. The number of aromatic nitrogens is 2. The minimum Gasteiger partial charge on any atom is -0.388 e. The van der Waals surface area contributed by atoms with E-state index in [-0.39, 0.29) is 0 Å². The predicted molar refractivity (Wildman–Crippen MR) is 77.3 cm³/mol. The van der Waals surface area contributed by atoms with Crippen molar-refractivity contribution in [3.05, 3.63) is 11.9 Å². The zero-order valence-corrected chi connectivity index (χ0v) is 11.9. The van der Waals surface area contributed by atoms with Gasteiger partial charge < -0.3 is 20.6 Å². The van der Waals surface area contributed by atoms with Crippen molar-refractivity contribution >= 4 is 11.6 Å². The predicted octanol–water partition coefficient (Wildman–Crippen LogP) is 0.668. The second-order valence-corrected chi connectivity index (χ2v) is 5.14. The van der Waals surface area contributed by atoms with Gasteiger partial charge in [-0.25, -0.2) is 15.8 Å². The Morgan fingerprint density at radius 3 is 2.70 bits per heavy atom. The lowest BCUT2D eigenvalue weighted by molar-refractivity contribution is -0.0543. The summed E-state index contributed by atoms with van der Waals surface area (Å²) in [5.41, 5.74) is 1.81. The van der Waals surface area contributed by atoms with Crippen LogP contribution in [0.25, 0.3) is 0 Å². The number of nitrogens with one attached hydrogen (secondary N) is 2. The van der Waals surface area contributed by atoms with Crippen molar-refractivity contribution in [2.75, 3.05) is 30.5 Å². The molecule has 2 rings (SSSR count). The maximum absolute atomic E-state index is 10.4. The lowest BCUT2D eigenvalue weighted by Crippen LogP contribution is -2.42. The molecule has 1 fully saturated rings. The quantitative estimate of drug-likeness (QED) is 0.448. The molecule has 5 N–H and O–H groups in total. The summed E-state index contributed by atoms with van der Waals surface area (Å²) in [5, 5.41) is 13.6. The Kier molecular flexibility index (Phi) is 5.11. The van der Waals surface area contributed by atoms with Gasteiger partial charge in [-0.3, -0.25) is 0 Å². The number of ether oxygens (including phenoxy) is 1. The van der Waals surface area contributed by atoms with Crippen molar-refractivity contribution < 1.29 is 9.84 Å². The molecule has 7 nitrogen and oxygen atoms in total. The molecule has 0 saturated carbocycles. The molecule has 0 aliphatic carbocycles. The van der Waals surface area contributed by atoms with Gasteiger partial charge in [0.05, 0.1) is 5.60 Å². The van der Waals surface area contributed by atoms with Gasteiger partial charge in [0.15, 0.2) is 0 Å². The third-order valence-electron chi connectivity index (χ3n) is 3.42. The lowest BCUT2D eigenvalue weighted by atomic mass is 9.94. The number of nitrogens with two attached hydrogens (primary N) is 1. The summed E-state index contributed by atoms with van der Waals surface area (Å²) in [7, 11) is 0. The van der Waals surface area contributed by atoms with Gasteiger partial charge in [-0.1, -0.05) is 6.92 Å². The molecule has 0 radical (unpaired) electrons. The molecular formula is C13H23N5O2. The van der Waals surface area contributed by atoms with E-state index in [0.29, 0.717) is 44.2 Å². The van der Waals surface area contributed by atoms with Gasteiger partial charge in [0, 0.05) is 45.1 Å². The molecule has 1 aromatic heterocycles. The van der Waals surface area contributed by atoms with Crippen molar-refractivity contribution in [3.63, 3.8) is 0 Å². The SMILES string of the molecule is CCCc1nc(NN)cc(NCC2(O)CCOCC2)n1. The van der Waals surface area contributed by atoms with E-state index in [2.05, 4.69) is 27.6 Å². The molecule has 0 unspecified atom stereocenters. The van der Waals surface area contributed by atoms with Crippen molar-refractivity contribution in [1.29, 1.82) is 0 Å². The Bertz CT molecular complexity index is 435. The first-order chi connectivity index (χ1) is 9.65. The van der Waals surface area contributed by atoms with Crippen molar-refractivity contribution in [3.8, 4) is 0 Å². The van der Waals surface area contributed by atoms with Gasteiger partial charge in [-0.2, -0.15) is 0 Å². The van der Waals surface area contributed by atoms with Gasteiger partial charge >= 0.3 is 0 Å². The third-order valence-corrected chi connectivity index (χ3v) is 3.42. The van der Waals surface area contributed by atoms with E-state index in [1.54, 1.807) is 6.07 Å². The Hall–Kier alpha value is -1.44. The summed E-state index contributed by atoms with van der Waals surface area (Å²) in [6, 6.07) is 1.74. The van der Waals surface area contributed by atoms with Crippen LogP contribution < -0.4 is 16.6 Å². The van der Waals surface area contributed by atoms with Crippen LogP contribution in [-0.2, 0) is 11.2 Å². The van der Waals surface area contributed by atoms with Gasteiger partial charge in [-0.05, 0) is 6.42 Å². The smallest absolute Gasteiger partial charge is 0.145 e. The lowest BCUT2D eigenvalue weighted by Gasteiger charge is -2.32. The first-order valence-corrected chi connectivity index (χ1v) is 7.04. The van der Waals surface area contributed by atoms with E-state index >= 15 is 0 Å². The number of hydrogen-bond acceptors (Lipinski definition) is 7. The van der Waals surface area contributed by atoms with E-state index < -0.39 is 5.60 Å². The normalized spacial score (nSPS) is 17.8. The number of rotatable bonds is 6. The minimum atomic E-state index is -0.732. The van der Waals surface area contributed by atoms with Crippen molar-refractivity contribution in [2.24, 2.45) is 5.84 Å². The molecule has 1 aromatic rings. The van der Waals surface area contributed by atoms with E-state index in [1.807, 2.05) is 0 Å². The summed E-state index contributed by atoms with van der Waals surface area (Å²) >= 11 is 0. The number of anilines is 2. The number of nitrogens with zero attached hydrogens (tertiary/aromatic N) is 2. The van der Waals surface area contributed by atoms with Gasteiger partial charge in [-0.15, -0.1) is 0 Å². The van der Waals surface area contributed by atoms with Crippen LogP contribution >= 0.6 is 0 Å². The van der Waals surface area contributed by atoms with Crippen LogP contribution in [0.1, 0.15) is 32.0 Å². The zero-order chi connectivity index (χ0) is 14.4.